The molecule has 0 aliphatic heterocycles. The third-order valence-electron chi connectivity index (χ3n) is 1.09. The van der Waals surface area contributed by atoms with Crippen LogP contribution in [0.2, 0.25) is 0 Å². The van der Waals surface area contributed by atoms with E-state index in [4.69, 9.17) is 10.2 Å². The summed E-state index contributed by atoms with van der Waals surface area (Å²) in [6.07, 6.45) is 0. The molecule has 0 bridgehead atoms. The van der Waals surface area contributed by atoms with Crippen molar-refractivity contribution in [1.82, 2.24) is 0 Å². The number of carboxylic acids is 1. The smallest absolute Gasteiger partial charge is 0.335 e. The van der Waals surface area contributed by atoms with E-state index in [1.54, 1.807) is 0 Å². The Morgan fingerprint density at radius 1 is 1.15 bits per heavy atom. The minimum atomic E-state index is -1.03. The van der Waals surface area contributed by atoms with Gasteiger partial charge in [0.1, 0.15) is 5.75 Å². The van der Waals surface area contributed by atoms with Crippen molar-refractivity contribution in [2.45, 2.75) is 0 Å². The van der Waals surface area contributed by atoms with Crippen LogP contribution >= 0.6 is 0 Å². The first-order valence-electron chi connectivity index (χ1n) is 2.72. The number of carboxylic acid groups (broad SMARTS) is 1. The summed E-state index contributed by atoms with van der Waals surface area (Å²) in [5.74, 6) is -1.06. The third kappa shape index (κ3) is 7.70. The summed E-state index contributed by atoms with van der Waals surface area (Å²) in [4.78, 5) is 10.2. The Hall–Kier alpha value is 1.80. The molecule has 13 heavy (non-hydrogen) atoms. The normalized spacial score (nSPS) is 7.08. The minimum absolute atomic E-state index is 0. The molecule has 0 spiro atoms. The van der Waals surface area contributed by atoms with Gasteiger partial charge in [0.05, 0.1) is 5.56 Å². The standard InChI is InChI=1S/C7H6O3.3Y/c8-6-3-1-2-5(4-6)7(9)10;;;/h1-4,8H,(H,9,10);;;. The van der Waals surface area contributed by atoms with E-state index >= 15 is 0 Å². The molecule has 0 aliphatic rings. The number of aromatic hydroxyl groups is 1. The van der Waals surface area contributed by atoms with Gasteiger partial charge in [0.25, 0.3) is 0 Å². The van der Waals surface area contributed by atoms with Gasteiger partial charge in [0.15, 0.2) is 0 Å². The fourth-order valence-corrected chi connectivity index (χ4v) is 0.639. The molecule has 6 heteroatoms. The number of hydrogen-bond acceptors (Lipinski definition) is 2. The third-order valence-corrected chi connectivity index (χ3v) is 1.09. The SMILES string of the molecule is O=C(O)c1cccc(O)c1.[Y].[Y].[Y]. The van der Waals surface area contributed by atoms with E-state index in [9.17, 15) is 4.79 Å². The zero-order chi connectivity index (χ0) is 7.56. The van der Waals surface area contributed by atoms with Crippen LogP contribution in [-0.2, 0) is 98.1 Å². The molecule has 0 aliphatic carbocycles. The Kier molecular flexibility index (Phi) is 16.1. The quantitative estimate of drug-likeness (QED) is 0.736. The maximum absolute atomic E-state index is 10.2. The van der Waals surface area contributed by atoms with Crippen LogP contribution in [0, 0.1) is 0 Å². The molecule has 0 saturated heterocycles. The monoisotopic (exact) mass is 405 g/mol. The average molecular weight is 405 g/mol. The Labute approximate surface area is 152 Å². The molecule has 3 nitrogen and oxygen atoms in total. The summed E-state index contributed by atoms with van der Waals surface area (Å²) >= 11 is 0. The van der Waals surface area contributed by atoms with Gasteiger partial charge in [-0.15, -0.1) is 0 Å². The number of aromatic carboxylic acids is 1. The molecular formula is C7H6O3Y3. The van der Waals surface area contributed by atoms with Gasteiger partial charge in [-0.3, -0.25) is 0 Å². The molecular weight excluding hydrogens is 399 g/mol. The van der Waals surface area contributed by atoms with Crippen LogP contribution in [0.15, 0.2) is 24.3 Å². The number of phenols is 1. The molecule has 0 heterocycles. The number of phenolic OH excluding ortho intramolecular Hbond substituents is 1. The van der Waals surface area contributed by atoms with E-state index in [1.807, 2.05) is 0 Å². The van der Waals surface area contributed by atoms with Gasteiger partial charge in [-0.2, -0.15) is 0 Å². The van der Waals surface area contributed by atoms with Crippen LogP contribution in [0.25, 0.3) is 0 Å². The van der Waals surface area contributed by atoms with Crippen LogP contribution in [0.4, 0.5) is 0 Å². The van der Waals surface area contributed by atoms with E-state index in [-0.39, 0.29) is 109 Å². The second-order valence-electron chi connectivity index (χ2n) is 1.86. The van der Waals surface area contributed by atoms with Gasteiger partial charge in [0.2, 0.25) is 0 Å². The Morgan fingerprint density at radius 2 is 1.69 bits per heavy atom. The summed E-state index contributed by atoms with van der Waals surface area (Å²) in [6.45, 7) is 0. The second kappa shape index (κ2) is 10.3. The maximum atomic E-state index is 10.2. The predicted octanol–water partition coefficient (Wildman–Crippen LogP) is 1.08. The predicted molar refractivity (Wildman–Crippen MR) is 35.1 cm³/mol. The second-order valence-corrected chi connectivity index (χ2v) is 1.86. The van der Waals surface area contributed by atoms with Gasteiger partial charge in [-0.05, 0) is 18.2 Å². The Balaban J connectivity index is -0.000000333. The van der Waals surface area contributed by atoms with Crippen molar-refractivity contribution in [2.24, 2.45) is 0 Å². The van der Waals surface area contributed by atoms with Crippen LogP contribution in [0.5, 0.6) is 5.75 Å². The first kappa shape index (κ1) is 20.2. The molecule has 3 radical (unpaired) electrons. The van der Waals surface area contributed by atoms with Gasteiger partial charge in [0, 0.05) is 98.1 Å². The number of benzene rings is 1. The molecule has 0 aromatic heterocycles. The number of rotatable bonds is 1. The van der Waals surface area contributed by atoms with E-state index < -0.39 is 5.97 Å². The fourth-order valence-electron chi connectivity index (χ4n) is 0.639. The van der Waals surface area contributed by atoms with Crippen LogP contribution in [-0.4, -0.2) is 16.2 Å². The first-order valence-corrected chi connectivity index (χ1v) is 2.72. The molecule has 0 atom stereocenters. The largest absolute Gasteiger partial charge is 0.508 e. The topological polar surface area (TPSA) is 57.5 Å². The van der Waals surface area contributed by atoms with E-state index in [0.29, 0.717) is 0 Å². The zero-order valence-corrected chi connectivity index (χ0v) is 15.4. The number of carbonyl (C=O) groups is 1. The van der Waals surface area contributed by atoms with Crippen molar-refractivity contribution >= 4 is 5.97 Å². The van der Waals surface area contributed by atoms with Crippen molar-refractivity contribution in [1.29, 1.82) is 0 Å². The van der Waals surface area contributed by atoms with Gasteiger partial charge in [-0.25, -0.2) is 4.79 Å². The number of hydrogen-bond donors (Lipinski definition) is 2. The molecule has 0 fully saturated rings. The van der Waals surface area contributed by atoms with Crippen LogP contribution in [0.1, 0.15) is 10.4 Å². The van der Waals surface area contributed by atoms with E-state index in [0.717, 1.165) is 0 Å². The first-order chi connectivity index (χ1) is 4.70. The summed E-state index contributed by atoms with van der Waals surface area (Å²) in [6, 6.07) is 5.52. The Morgan fingerprint density at radius 3 is 2.00 bits per heavy atom. The maximum Gasteiger partial charge on any atom is 0.335 e. The molecule has 1 aromatic carbocycles. The molecule has 0 saturated carbocycles. The van der Waals surface area contributed by atoms with Crippen molar-refractivity contribution in [3.8, 4) is 5.75 Å². The summed E-state index contributed by atoms with van der Waals surface area (Å²) in [7, 11) is 0. The molecule has 1 aromatic rings. The summed E-state index contributed by atoms with van der Waals surface area (Å²) in [5, 5.41) is 17.2. The molecule has 0 unspecified atom stereocenters. The molecule has 61 valence electrons. The summed E-state index contributed by atoms with van der Waals surface area (Å²) in [5.41, 5.74) is 0.0972. The van der Waals surface area contributed by atoms with Crippen molar-refractivity contribution < 1.29 is 113 Å². The van der Waals surface area contributed by atoms with Crippen molar-refractivity contribution in [2.75, 3.05) is 0 Å². The van der Waals surface area contributed by atoms with E-state index in [1.165, 1.54) is 24.3 Å². The average Bonchev–Trinajstić information content (AvgIpc) is 1.88. The van der Waals surface area contributed by atoms with Gasteiger partial charge in [-0.1, -0.05) is 6.07 Å². The van der Waals surface area contributed by atoms with Gasteiger partial charge < -0.3 is 10.2 Å². The Bertz CT molecular complexity index is 265. The van der Waals surface area contributed by atoms with Crippen molar-refractivity contribution in [3.63, 3.8) is 0 Å². The van der Waals surface area contributed by atoms with Crippen LogP contribution < -0.4 is 0 Å². The van der Waals surface area contributed by atoms with Crippen molar-refractivity contribution in [3.05, 3.63) is 29.8 Å². The zero-order valence-electron chi connectivity index (χ0n) is 6.84. The van der Waals surface area contributed by atoms with Crippen LogP contribution in [0.3, 0.4) is 0 Å². The molecule has 1 rings (SSSR count). The fraction of sp³-hybridized carbons (Fsp3) is 0. The molecule has 0 amide bonds. The summed E-state index contributed by atoms with van der Waals surface area (Å²) < 4.78 is 0. The van der Waals surface area contributed by atoms with E-state index in [2.05, 4.69) is 0 Å². The molecule has 2 N–H and O–H groups in total. The minimum Gasteiger partial charge on any atom is -0.508 e. The van der Waals surface area contributed by atoms with Gasteiger partial charge >= 0.3 is 5.97 Å².